The van der Waals surface area contributed by atoms with E-state index in [1.165, 1.54) is 69.8 Å². The Morgan fingerprint density at radius 1 is 0.828 bits per heavy atom. The molecule has 0 bridgehead atoms. The first-order valence-electron chi connectivity index (χ1n) is 12.0. The van der Waals surface area contributed by atoms with Crippen LogP contribution >= 0.6 is 0 Å². The molecule has 2 aromatic rings. The second-order valence-corrected chi connectivity index (χ2v) is 8.85. The molecule has 1 aliphatic rings. The lowest BCUT2D eigenvalue weighted by molar-refractivity contribution is 0.181. The van der Waals surface area contributed by atoms with Crippen molar-refractivity contribution in [2.24, 2.45) is 11.8 Å². The summed E-state index contributed by atoms with van der Waals surface area (Å²) in [5.74, 6) is 2.66. The molecule has 1 aromatic carbocycles. The van der Waals surface area contributed by atoms with Gasteiger partial charge in [-0.25, -0.2) is 0 Å². The smallest absolute Gasteiger partial charge is 0.119 e. The van der Waals surface area contributed by atoms with Gasteiger partial charge in [-0.15, -0.1) is 0 Å². The summed E-state index contributed by atoms with van der Waals surface area (Å²) >= 11 is 0. The molecule has 1 fully saturated rings. The Hall–Kier alpha value is -1.83. The molecule has 0 atom stereocenters. The maximum absolute atomic E-state index is 6.08. The number of aromatic nitrogens is 1. The van der Waals surface area contributed by atoms with E-state index in [0.29, 0.717) is 0 Å². The average molecular weight is 394 g/mol. The van der Waals surface area contributed by atoms with Crippen LogP contribution in [0.15, 0.2) is 42.6 Å². The van der Waals surface area contributed by atoms with E-state index in [4.69, 9.17) is 4.74 Å². The number of pyridine rings is 1. The number of aryl methyl sites for hydroxylation is 1. The maximum atomic E-state index is 6.08. The van der Waals surface area contributed by atoms with Crippen LogP contribution in [0.5, 0.6) is 5.75 Å². The molecule has 0 spiro atoms. The van der Waals surface area contributed by atoms with E-state index < -0.39 is 0 Å². The van der Waals surface area contributed by atoms with Crippen LogP contribution in [0.25, 0.3) is 11.3 Å². The van der Waals surface area contributed by atoms with Gasteiger partial charge in [0.25, 0.3) is 0 Å². The first-order valence-corrected chi connectivity index (χ1v) is 12.0. The minimum Gasteiger partial charge on any atom is -0.493 e. The van der Waals surface area contributed by atoms with Crippen LogP contribution in [0.1, 0.15) is 83.6 Å². The highest BCUT2D eigenvalue weighted by molar-refractivity contribution is 5.60. The molecular formula is C27H39NO. The van der Waals surface area contributed by atoms with Crippen LogP contribution < -0.4 is 4.74 Å². The topological polar surface area (TPSA) is 22.1 Å². The van der Waals surface area contributed by atoms with E-state index in [-0.39, 0.29) is 0 Å². The molecule has 3 rings (SSSR count). The summed E-state index contributed by atoms with van der Waals surface area (Å²) in [6, 6.07) is 12.8. The lowest BCUT2D eigenvalue weighted by Crippen LogP contribution is -2.19. The van der Waals surface area contributed by atoms with Gasteiger partial charge >= 0.3 is 0 Å². The predicted octanol–water partition coefficient (Wildman–Crippen LogP) is 7.86. The monoisotopic (exact) mass is 393 g/mol. The highest BCUT2D eigenvalue weighted by atomic mass is 16.5. The standard InChI is InChI=1S/C27H39NO/c1-3-5-6-7-8-9-23-14-19-27(28-20-23)25-15-17-26(18-16-25)29-21-24-12-10-22(4-2)11-13-24/h14-20,22,24H,3-13,21H2,1-2H3/t22-,24-. The minimum absolute atomic E-state index is 0.730. The van der Waals surface area contributed by atoms with Gasteiger partial charge in [-0.2, -0.15) is 0 Å². The Morgan fingerprint density at radius 2 is 1.55 bits per heavy atom. The Labute approximate surface area is 178 Å². The largest absolute Gasteiger partial charge is 0.493 e. The summed E-state index contributed by atoms with van der Waals surface area (Å²) in [4.78, 5) is 4.69. The van der Waals surface area contributed by atoms with Crippen molar-refractivity contribution in [3.05, 3.63) is 48.2 Å². The normalized spacial score (nSPS) is 19.2. The molecule has 0 radical (unpaired) electrons. The van der Waals surface area contributed by atoms with Gasteiger partial charge in [-0.3, -0.25) is 4.98 Å². The zero-order chi connectivity index (χ0) is 20.3. The quantitative estimate of drug-likeness (QED) is 0.362. The van der Waals surface area contributed by atoms with Crippen molar-refractivity contribution in [2.45, 2.75) is 84.5 Å². The van der Waals surface area contributed by atoms with E-state index in [1.54, 1.807) is 0 Å². The van der Waals surface area contributed by atoms with Crippen LogP contribution in [-0.4, -0.2) is 11.6 Å². The van der Waals surface area contributed by atoms with E-state index in [0.717, 1.165) is 41.9 Å². The van der Waals surface area contributed by atoms with E-state index in [1.807, 2.05) is 6.20 Å². The van der Waals surface area contributed by atoms with Gasteiger partial charge < -0.3 is 4.74 Å². The maximum Gasteiger partial charge on any atom is 0.119 e. The van der Waals surface area contributed by atoms with Gasteiger partial charge in [0, 0.05) is 11.8 Å². The van der Waals surface area contributed by atoms with E-state index in [2.05, 4.69) is 55.2 Å². The second-order valence-electron chi connectivity index (χ2n) is 8.85. The van der Waals surface area contributed by atoms with Crippen molar-refractivity contribution >= 4 is 0 Å². The third-order valence-electron chi connectivity index (χ3n) is 6.57. The van der Waals surface area contributed by atoms with Crippen molar-refractivity contribution in [3.63, 3.8) is 0 Å². The fourth-order valence-corrected chi connectivity index (χ4v) is 4.42. The van der Waals surface area contributed by atoms with E-state index >= 15 is 0 Å². The molecule has 0 N–H and O–H groups in total. The molecule has 1 saturated carbocycles. The Kier molecular flexibility index (Phi) is 9.05. The molecule has 0 aliphatic heterocycles. The summed E-state index contributed by atoms with van der Waals surface area (Å²) in [7, 11) is 0. The van der Waals surface area contributed by atoms with Gasteiger partial charge in [0.05, 0.1) is 12.3 Å². The third-order valence-corrected chi connectivity index (χ3v) is 6.57. The Morgan fingerprint density at radius 3 is 2.21 bits per heavy atom. The Bertz CT molecular complexity index is 683. The number of ether oxygens (including phenoxy) is 1. The molecule has 158 valence electrons. The minimum atomic E-state index is 0.730. The number of rotatable bonds is 11. The van der Waals surface area contributed by atoms with Gasteiger partial charge in [0.15, 0.2) is 0 Å². The summed E-state index contributed by atoms with van der Waals surface area (Å²) in [6.07, 6.45) is 16.6. The summed E-state index contributed by atoms with van der Waals surface area (Å²) in [5.41, 5.74) is 3.56. The summed E-state index contributed by atoms with van der Waals surface area (Å²) in [5, 5.41) is 0. The lowest BCUT2D eigenvalue weighted by atomic mass is 9.81. The molecule has 2 heteroatoms. The number of nitrogens with zero attached hydrogens (tertiary/aromatic N) is 1. The Balaban J connectivity index is 1.43. The molecule has 0 saturated heterocycles. The molecule has 0 amide bonds. The number of hydrogen-bond acceptors (Lipinski definition) is 2. The number of hydrogen-bond donors (Lipinski definition) is 0. The highest BCUT2D eigenvalue weighted by Gasteiger charge is 2.20. The fourth-order valence-electron chi connectivity index (χ4n) is 4.42. The molecule has 2 nitrogen and oxygen atoms in total. The van der Waals surface area contributed by atoms with Crippen LogP contribution in [0.3, 0.4) is 0 Å². The molecule has 29 heavy (non-hydrogen) atoms. The van der Waals surface area contributed by atoms with Gasteiger partial charge in [0.1, 0.15) is 5.75 Å². The van der Waals surface area contributed by atoms with Crippen molar-refractivity contribution in [2.75, 3.05) is 6.61 Å². The summed E-state index contributed by atoms with van der Waals surface area (Å²) in [6.45, 7) is 5.45. The van der Waals surface area contributed by atoms with Crippen molar-refractivity contribution < 1.29 is 4.74 Å². The zero-order valence-electron chi connectivity index (χ0n) is 18.5. The van der Waals surface area contributed by atoms with Crippen molar-refractivity contribution in [1.29, 1.82) is 0 Å². The second kappa shape index (κ2) is 12.0. The van der Waals surface area contributed by atoms with Gasteiger partial charge in [0.2, 0.25) is 0 Å². The summed E-state index contributed by atoms with van der Waals surface area (Å²) < 4.78 is 6.08. The molecular weight excluding hydrogens is 354 g/mol. The highest BCUT2D eigenvalue weighted by Crippen LogP contribution is 2.31. The van der Waals surface area contributed by atoms with Crippen LogP contribution in [0.2, 0.25) is 0 Å². The molecule has 1 aromatic heterocycles. The van der Waals surface area contributed by atoms with Crippen LogP contribution in [-0.2, 0) is 6.42 Å². The SMILES string of the molecule is CCCCCCCc1ccc(-c2ccc(OC[C@H]3CC[C@H](CC)CC3)cc2)nc1. The lowest BCUT2D eigenvalue weighted by Gasteiger charge is -2.27. The molecule has 1 heterocycles. The first-order chi connectivity index (χ1) is 14.3. The predicted molar refractivity (Wildman–Crippen MR) is 123 cm³/mol. The van der Waals surface area contributed by atoms with Gasteiger partial charge in [-0.1, -0.05) is 64.9 Å². The number of benzene rings is 1. The van der Waals surface area contributed by atoms with E-state index in [9.17, 15) is 0 Å². The van der Waals surface area contributed by atoms with Crippen molar-refractivity contribution in [3.8, 4) is 17.0 Å². The van der Waals surface area contributed by atoms with Crippen LogP contribution in [0.4, 0.5) is 0 Å². The van der Waals surface area contributed by atoms with Crippen molar-refractivity contribution in [1.82, 2.24) is 4.98 Å². The fraction of sp³-hybridized carbons (Fsp3) is 0.593. The average Bonchev–Trinajstić information content (AvgIpc) is 2.79. The zero-order valence-corrected chi connectivity index (χ0v) is 18.5. The third kappa shape index (κ3) is 7.17. The van der Waals surface area contributed by atoms with Gasteiger partial charge in [-0.05, 0) is 73.4 Å². The van der Waals surface area contributed by atoms with Crippen LogP contribution in [0, 0.1) is 11.8 Å². The number of unbranched alkanes of at least 4 members (excludes halogenated alkanes) is 4. The molecule has 1 aliphatic carbocycles. The molecule has 0 unspecified atom stereocenters. The first kappa shape index (κ1) is 21.9.